The Morgan fingerprint density at radius 3 is 2.40 bits per heavy atom. The van der Waals surface area contributed by atoms with Gasteiger partial charge in [0.2, 0.25) is 0 Å². The number of likely N-dealkylation sites (N-methyl/N-ethyl adjacent to an activating group) is 1. The van der Waals surface area contributed by atoms with Gasteiger partial charge in [0.05, 0.1) is 19.0 Å². The van der Waals surface area contributed by atoms with Crippen LogP contribution in [0.1, 0.15) is 19.4 Å². The summed E-state index contributed by atoms with van der Waals surface area (Å²) in [4.78, 5) is 7.29. The maximum absolute atomic E-state index is 13.0. The Bertz CT molecular complexity index is 857. The highest BCUT2D eigenvalue weighted by Gasteiger charge is 2.28. The molecule has 0 atom stereocenters. The normalized spacial score (nSPS) is 19.6. The number of hydrogen-bond acceptors (Lipinski definition) is 6. The maximum Gasteiger partial charge on any atom is 0.333 e. The largest absolute Gasteiger partial charge is 0.495 e. The zero-order valence-corrected chi connectivity index (χ0v) is 17.6. The predicted molar refractivity (Wildman–Crippen MR) is 114 cm³/mol. The standard InChI is InChI=1S/C21H30F2N6O/c1-26-7-9-27(10-8-26)16-3-5-28(6-4-16)19-12-20(30-2)18(24)11-17(19)15-13-25-29(14-15)21(22)23/h11-14,16,21H,3-10,24H2,1-2H3. The number of ether oxygens (including phenoxy) is 1. The fraction of sp³-hybridized carbons (Fsp3) is 0.571. The number of halogens is 2. The van der Waals surface area contributed by atoms with Crippen LogP contribution in [-0.4, -0.2) is 79.0 Å². The zero-order chi connectivity index (χ0) is 21.3. The highest BCUT2D eigenvalue weighted by molar-refractivity contribution is 5.83. The summed E-state index contributed by atoms with van der Waals surface area (Å²) in [6.07, 6.45) is 4.98. The second-order valence-corrected chi connectivity index (χ2v) is 8.16. The van der Waals surface area contributed by atoms with Gasteiger partial charge in [0, 0.05) is 74.4 Å². The number of rotatable bonds is 5. The van der Waals surface area contributed by atoms with Crippen LogP contribution in [0.25, 0.3) is 11.1 Å². The summed E-state index contributed by atoms with van der Waals surface area (Å²) in [6.45, 7) is 3.61. The topological polar surface area (TPSA) is 62.8 Å². The molecule has 1 aromatic carbocycles. The van der Waals surface area contributed by atoms with E-state index in [4.69, 9.17) is 10.5 Å². The third-order valence-corrected chi connectivity index (χ3v) is 6.32. The maximum atomic E-state index is 13.0. The van der Waals surface area contributed by atoms with Gasteiger partial charge >= 0.3 is 6.55 Å². The first-order valence-electron chi connectivity index (χ1n) is 10.4. The van der Waals surface area contributed by atoms with Crippen molar-refractivity contribution >= 4 is 11.4 Å². The lowest BCUT2D eigenvalue weighted by molar-refractivity contribution is 0.0566. The molecule has 0 amide bonds. The first-order valence-corrected chi connectivity index (χ1v) is 10.4. The minimum Gasteiger partial charge on any atom is -0.495 e. The second kappa shape index (κ2) is 8.77. The summed E-state index contributed by atoms with van der Waals surface area (Å²) < 4.78 is 32.2. The van der Waals surface area contributed by atoms with Crippen LogP contribution in [0.5, 0.6) is 5.75 Å². The van der Waals surface area contributed by atoms with E-state index < -0.39 is 6.55 Å². The highest BCUT2D eigenvalue weighted by Crippen LogP contribution is 2.39. The summed E-state index contributed by atoms with van der Waals surface area (Å²) >= 11 is 0. The van der Waals surface area contributed by atoms with Gasteiger partial charge in [-0.2, -0.15) is 13.9 Å². The molecule has 0 spiro atoms. The third kappa shape index (κ3) is 4.22. The van der Waals surface area contributed by atoms with Crippen molar-refractivity contribution < 1.29 is 13.5 Å². The van der Waals surface area contributed by atoms with E-state index in [1.807, 2.05) is 6.07 Å². The van der Waals surface area contributed by atoms with E-state index in [9.17, 15) is 8.78 Å². The van der Waals surface area contributed by atoms with E-state index in [-0.39, 0.29) is 0 Å². The number of benzene rings is 1. The van der Waals surface area contributed by atoms with E-state index in [2.05, 4.69) is 26.8 Å². The van der Waals surface area contributed by atoms with Gasteiger partial charge in [-0.3, -0.25) is 4.90 Å². The van der Waals surface area contributed by atoms with E-state index in [1.165, 1.54) is 12.4 Å². The molecule has 2 aliphatic rings. The smallest absolute Gasteiger partial charge is 0.333 e. The monoisotopic (exact) mass is 420 g/mol. The Hall–Kier alpha value is -2.39. The lowest BCUT2D eigenvalue weighted by Crippen LogP contribution is -2.52. The van der Waals surface area contributed by atoms with Crippen molar-refractivity contribution in [2.24, 2.45) is 0 Å². The average molecular weight is 421 g/mol. The van der Waals surface area contributed by atoms with Crippen molar-refractivity contribution in [3.05, 3.63) is 24.5 Å². The number of anilines is 2. The molecule has 2 saturated heterocycles. The van der Waals surface area contributed by atoms with Gasteiger partial charge < -0.3 is 20.3 Å². The quantitative estimate of drug-likeness (QED) is 0.751. The van der Waals surface area contributed by atoms with E-state index in [1.54, 1.807) is 13.2 Å². The molecule has 0 radical (unpaired) electrons. The molecule has 9 heteroatoms. The van der Waals surface area contributed by atoms with E-state index >= 15 is 0 Å². The van der Waals surface area contributed by atoms with Gasteiger partial charge in [0.1, 0.15) is 5.75 Å². The van der Waals surface area contributed by atoms with Crippen LogP contribution < -0.4 is 15.4 Å². The van der Waals surface area contributed by atoms with Crippen LogP contribution in [-0.2, 0) is 0 Å². The molecule has 0 bridgehead atoms. The second-order valence-electron chi connectivity index (χ2n) is 8.16. The fourth-order valence-electron chi connectivity index (χ4n) is 4.50. The van der Waals surface area contributed by atoms with Gasteiger partial charge in [0.25, 0.3) is 0 Å². The Morgan fingerprint density at radius 1 is 1.10 bits per heavy atom. The molecule has 7 nitrogen and oxygen atoms in total. The molecule has 0 saturated carbocycles. The number of piperazine rings is 1. The SMILES string of the molecule is COc1cc(N2CCC(N3CCN(C)CC3)CC2)c(-c2cnn(C(F)F)c2)cc1N. The Kier molecular flexibility index (Phi) is 6.10. The average Bonchev–Trinajstić information content (AvgIpc) is 3.25. The van der Waals surface area contributed by atoms with Gasteiger partial charge in [-0.05, 0) is 26.0 Å². The minimum absolute atomic E-state index is 0.480. The van der Waals surface area contributed by atoms with Crippen molar-refractivity contribution in [2.75, 3.05) is 64.1 Å². The van der Waals surface area contributed by atoms with E-state index in [0.717, 1.165) is 63.4 Å². The molecule has 4 rings (SSSR count). The van der Waals surface area contributed by atoms with Gasteiger partial charge in [0.15, 0.2) is 0 Å². The molecule has 2 aliphatic heterocycles. The number of nitrogens with two attached hydrogens (primary N) is 1. The predicted octanol–water partition coefficient (Wildman–Crippen LogP) is 2.75. The number of nitrogen functional groups attached to an aromatic ring is 1. The Labute approximate surface area is 176 Å². The van der Waals surface area contributed by atoms with Crippen LogP contribution in [0.15, 0.2) is 24.5 Å². The fourth-order valence-corrected chi connectivity index (χ4v) is 4.50. The van der Waals surface area contributed by atoms with Crippen LogP contribution in [0.4, 0.5) is 20.2 Å². The molecular weight excluding hydrogens is 390 g/mol. The molecule has 2 N–H and O–H groups in total. The summed E-state index contributed by atoms with van der Waals surface area (Å²) in [5.41, 5.74) is 9.00. The summed E-state index contributed by atoms with van der Waals surface area (Å²) in [6, 6.07) is 4.31. The van der Waals surface area contributed by atoms with Crippen LogP contribution in [0.2, 0.25) is 0 Å². The lowest BCUT2D eigenvalue weighted by atomic mass is 9.98. The van der Waals surface area contributed by atoms with Crippen LogP contribution in [0.3, 0.4) is 0 Å². The number of aromatic nitrogens is 2. The Morgan fingerprint density at radius 2 is 1.80 bits per heavy atom. The number of alkyl halides is 2. The zero-order valence-electron chi connectivity index (χ0n) is 17.6. The molecule has 0 unspecified atom stereocenters. The van der Waals surface area contributed by atoms with Crippen LogP contribution >= 0.6 is 0 Å². The van der Waals surface area contributed by atoms with E-state index in [0.29, 0.717) is 27.7 Å². The van der Waals surface area contributed by atoms with Crippen molar-refractivity contribution in [3.63, 3.8) is 0 Å². The first kappa shape index (κ1) is 20.9. The Balaban J connectivity index is 1.55. The summed E-state index contributed by atoms with van der Waals surface area (Å²) in [7, 11) is 3.76. The van der Waals surface area contributed by atoms with Crippen molar-refractivity contribution in [1.82, 2.24) is 19.6 Å². The summed E-state index contributed by atoms with van der Waals surface area (Å²) in [5.74, 6) is 0.594. The van der Waals surface area contributed by atoms with Crippen LogP contribution in [0, 0.1) is 0 Å². The number of hydrogen-bond donors (Lipinski definition) is 1. The molecule has 164 valence electrons. The third-order valence-electron chi connectivity index (χ3n) is 6.32. The molecule has 3 heterocycles. The molecule has 30 heavy (non-hydrogen) atoms. The van der Waals surface area contributed by atoms with Crippen molar-refractivity contribution in [3.8, 4) is 16.9 Å². The molecule has 2 fully saturated rings. The van der Waals surface area contributed by atoms with Gasteiger partial charge in [-0.1, -0.05) is 0 Å². The summed E-state index contributed by atoms with van der Waals surface area (Å²) in [5, 5.41) is 3.80. The van der Waals surface area contributed by atoms with Crippen molar-refractivity contribution in [1.29, 1.82) is 0 Å². The number of nitrogens with zero attached hydrogens (tertiary/aromatic N) is 5. The first-order chi connectivity index (χ1) is 14.5. The van der Waals surface area contributed by atoms with Crippen molar-refractivity contribution in [2.45, 2.75) is 25.4 Å². The van der Waals surface area contributed by atoms with Gasteiger partial charge in [-0.25, -0.2) is 4.68 Å². The lowest BCUT2D eigenvalue weighted by Gasteiger charge is -2.43. The molecular formula is C21H30F2N6O. The molecule has 0 aliphatic carbocycles. The molecule has 2 aromatic rings. The number of piperidine rings is 1. The van der Waals surface area contributed by atoms with Gasteiger partial charge in [-0.15, -0.1) is 0 Å². The number of methoxy groups -OCH3 is 1. The minimum atomic E-state index is -2.67. The molecule has 1 aromatic heterocycles. The highest BCUT2D eigenvalue weighted by atomic mass is 19.3.